The predicted octanol–water partition coefficient (Wildman–Crippen LogP) is 13.1. The van der Waals surface area contributed by atoms with Crippen LogP contribution in [0, 0.1) is 24.9 Å². The van der Waals surface area contributed by atoms with Crippen molar-refractivity contribution < 1.29 is 29.7 Å². The molecule has 5 heteroatoms. The van der Waals surface area contributed by atoms with E-state index in [4.69, 9.17) is 14.6 Å². The molecule has 0 N–H and O–H groups in total. The van der Waals surface area contributed by atoms with Crippen LogP contribution in [0.1, 0.15) is 59.5 Å². The van der Waals surface area contributed by atoms with Crippen LogP contribution in [-0.4, -0.2) is 27.8 Å². The zero-order valence-corrected chi connectivity index (χ0v) is 38.4. The maximum Gasteiger partial charge on any atom is 0 e. The fraction of sp³-hybridized carbons (Fsp3) is 0.208. The Labute approximate surface area is 371 Å². The Balaban J connectivity index is 0.000000198. The Morgan fingerprint density at radius 2 is 1.50 bits per heavy atom. The maximum atomic E-state index is 8.61. The number of imidazole rings is 1. The molecular formula is C53H51GeIrN3-2. The third kappa shape index (κ3) is 8.21. The SMILES string of the molecule is CC1(C)c2c[c-]c(-c3nc4ccccc4n3-c3ccc(-c4ccccc4)cc3)cc2-c2ccccc21.[2H]c1[c-]c(-c2cc(C([2H])([2H])C(C)C)[c]([Ge]([CH3])([CH3])[CH3])cn2)cc([2H])c1C([2H])([2H])[2H].[Ir]. The van der Waals surface area contributed by atoms with E-state index in [1.807, 2.05) is 19.9 Å². The first kappa shape index (κ1) is 33.0. The van der Waals surface area contributed by atoms with Crippen molar-refractivity contribution in [2.24, 2.45) is 5.92 Å². The topological polar surface area (TPSA) is 30.7 Å². The molecule has 0 spiro atoms. The van der Waals surface area contributed by atoms with Gasteiger partial charge < -0.3 is 4.57 Å². The molecule has 2 heterocycles. The Kier molecular flexibility index (Phi) is 9.55. The number of fused-ring (bicyclic) bond motifs is 4. The molecule has 8 aromatic rings. The molecule has 0 amide bonds. The van der Waals surface area contributed by atoms with Crippen molar-refractivity contribution >= 4 is 28.7 Å². The second-order valence-corrected chi connectivity index (χ2v) is 27.1. The van der Waals surface area contributed by atoms with Crippen LogP contribution >= 0.6 is 0 Å². The van der Waals surface area contributed by atoms with E-state index in [1.54, 1.807) is 12.3 Å². The number of benzene rings is 6. The standard InChI is InChI=1S/C34H25N2.C19H26GeN.Ir/c1-34(2)29-13-7-6-12-27(29)28-22-25(18-21-30(28)34)33-35-31-14-8-9-15-32(31)36(33)26-19-16-24(17-20-26)23-10-4-3-5-11-23;1-14(2)11-17-12-19(16-9-7-15(3)8-10-16)21-13-18(17)20(4,5)6;/h3-17,19-22H,1-2H3;7-9,12-14H,11H2,1-6H3;/q2*-1;/i;3D3,7D,8D,11D2;. The summed E-state index contributed by atoms with van der Waals surface area (Å²) in [5.74, 6) is 7.20. The van der Waals surface area contributed by atoms with Crippen LogP contribution in [0.4, 0.5) is 0 Å². The van der Waals surface area contributed by atoms with Crippen molar-refractivity contribution in [3.8, 4) is 50.6 Å². The first-order valence-electron chi connectivity index (χ1n) is 23.0. The first-order valence-corrected chi connectivity index (χ1v) is 26.9. The summed E-state index contributed by atoms with van der Waals surface area (Å²) in [6.07, 6.45) is 0.154. The van der Waals surface area contributed by atoms with Gasteiger partial charge in [-0.15, -0.1) is 29.3 Å². The van der Waals surface area contributed by atoms with Crippen LogP contribution in [0.2, 0.25) is 17.3 Å². The molecule has 1 aliphatic rings. The van der Waals surface area contributed by atoms with Crippen LogP contribution in [0.25, 0.3) is 61.6 Å². The molecule has 0 aliphatic heterocycles. The van der Waals surface area contributed by atoms with Gasteiger partial charge in [0.2, 0.25) is 0 Å². The number of nitrogens with zero attached hydrogens (tertiary/aromatic N) is 3. The summed E-state index contributed by atoms with van der Waals surface area (Å²) in [4.78, 5) is 9.55. The van der Waals surface area contributed by atoms with Crippen molar-refractivity contribution in [1.82, 2.24) is 14.5 Å². The molecule has 9 rings (SSSR count). The largest absolute Gasteiger partial charge is 0 e. The minimum absolute atomic E-state index is 0. The van der Waals surface area contributed by atoms with Gasteiger partial charge in [0.15, 0.2) is 0 Å². The molecule has 2 aromatic heterocycles. The van der Waals surface area contributed by atoms with Crippen molar-refractivity contribution in [2.45, 2.75) is 63.6 Å². The molecule has 6 aromatic carbocycles. The monoisotopic (exact) mass is 1000 g/mol. The summed E-state index contributed by atoms with van der Waals surface area (Å²) in [6, 6.07) is 49.5. The van der Waals surface area contributed by atoms with E-state index >= 15 is 0 Å². The van der Waals surface area contributed by atoms with Crippen LogP contribution in [0.15, 0.2) is 146 Å². The van der Waals surface area contributed by atoms with Gasteiger partial charge in [-0.2, -0.15) is 0 Å². The van der Waals surface area contributed by atoms with Gasteiger partial charge in [-0.1, -0.05) is 98.3 Å². The molecule has 0 saturated heterocycles. The molecule has 0 unspecified atom stereocenters. The smallest absolute Gasteiger partial charge is 0 e. The van der Waals surface area contributed by atoms with Gasteiger partial charge >= 0.3 is 141 Å². The Morgan fingerprint density at radius 1 is 0.793 bits per heavy atom. The molecule has 293 valence electrons. The molecular weight excluding hydrogens is 943 g/mol. The molecule has 0 fully saturated rings. The quantitative estimate of drug-likeness (QED) is 0.118. The molecule has 3 nitrogen and oxygen atoms in total. The van der Waals surface area contributed by atoms with Crippen molar-refractivity contribution in [3.63, 3.8) is 0 Å². The number of rotatable bonds is 7. The van der Waals surface area contributed by atoms with Crippen molar-refractivity contribution in [2.75, 3.05) is 0 Å². The Bertz CT molecular complexity index is 3000. The van der Waals surface area contributed by atoms with E-state index in [0.29, 0.717) is 16.8 Å². The number of hydrogen-bond acceptors (Lipinski definition) is 2. The van der Waals surface area contributed by atoms with Crippen LogP contribution in [0.3, 0.4) is 0 Å². The average Bonchev–Trinajstić information content (AvgIpc) is 3.75. The van der Waals surface area contributed by atoms with Gasteiger partial charge in [0.1, 0.15) is 0 Å². The minimum Gasteiger partial charge on any atom is 0 e. The van der Waals surface area contributed by atoms with Gasteiger partial charge in [-0.05, 0) is 51.9 Å². The third-order valence-corrected chi connectivity index (χ3v) is 14.9. The van der Waals surface area contributed by atoms with Gasteiger partial charge in [0.05, 0.1) is 16.9 Å². The summed E-state index contributed by atoms with van der Waals surface area (Å²) in [6.45, 7) is 5.71. The first-order chi connectivity index (χ1) is 30.2. The van der Waals surface area contributed by atoms with Gasteiger partial charge in [-0.25, -0.2) is 0 Å². The number of aromatic nitrogens is 3. The summed E-state index contributed by atoms with van der Waals surface area (Å²) in [7, 11) is 0. The fourth-order valence-electron chi connectivity index (χ4n) is 7.79. The predicted molar refractivity (Wildman–Crippen MR) is 243 cm³/mol. The van der Waals surface area contributed by atoms with E-state index in [2.05, 4.69) is 162 Å². The minimum atomic E-state index is -2.55. The number of para-hydroxylation sites is 2. The second-order valence-electron chi connectivity index (χ2n) is 16.5. The third-order valence-electron chi connectivity index (χ3n) is 10.7. The molecule has 0 atom stereocenters. The molecule has 0 saturated carbocycles. The molecule has 58 heavy (non-hydrogen) atoms. The van der Waals surface area contributed by atoms with Crippen LogP contribution in [-0.2, 0) is 31.9 Å². The van der Waals surface area contributed by atoms with Crippen LogP contribution < -0.4 is 4.40 Å². The van der Waals surface area contributed by atoms with E-state index in [9.17, 15) is 0 Å². The maximum absolute atomic E-state index is 8.61. The summed E-state index contributed by atoms with van der Waals surface area (Å²) < 4.78 is 59.0. The number of pyridine rings is 1. The summed E-state index contributed by atoms with van der Waals surface area (Å²) >= 11 is -2.42. The molecule has 1 aliphatic carbocycles. The van der Waals surface area contributed by atoms with Crippen molar-refractivity contribution in [3.05, 3.63) is 180 Å². The zero-order valence-electron chi connectivity index (χ0n) is 41.0. The summed E-state index contributed by atoms with van der Waals surface area (Å²) in [5, 5.41) is 0. The molecule has 1 radical (unpaired) electrons. The Morgan fingerprint density at radius 3 is 2.22 bits per heavy atom. The number of hydrogen-bond donors (Lipinski definition) is 0. The van der Waals surface area contributed by atoms with Crippen LogP contribution in [0.5, 0.6) is 0 Å². The fourth-order valence-corrected chi connectivity index (χ4v) is 10.7. The van der Waals surface area contributed by atoms with E-state index in [1.165, 1.54) is 39.4 Å². The summed E-state index contributed by atoms with van der Waals surface area (Å²) in [5.41, 5.74) is 12.8. The van der Waals surface area contributed by atoms with E-state index < -0.39 is 26.5 Å². The average molecular weight is 1000 g/mol. The van der Waals surface area contributed by atoms with E-state index in [0.717, 1.165) is 32.5 Å². The zero-order chi connectivity index (χ0) is 45.9. The molecule has 0 bridgehead atoms. The normalized spacial score (nSPS) is 14.9. The van der Waals surface area contributed by atoms with Gasteiger partial charge in [-0.3, -0.25) is 4.98 Å². The van der Waals surface area contributed by atoms with E-state index in [-0.39, 0.29) is 49.1 Å². The van der Waals surface area contributed by atoms with Gasteiger partial charge in [0.25, 0.3) is 0 Å². The Hall–Kier alpha value is -4.87. The second kappa shape index (κ2) is 16.8. The van der Waals surface area contributed by atoms with Gasteiger partial charge in [0, 0.05) is 25.8 Å². The van der Waals surface area contributed by atoms with Crippen molar-refractivity contribution in [1.29, 1.82) is 0 Å².